The topological polar surface area (TPSA) is 77.9 Å². The zero-order valence-electron chi connectivity index (χ0n) is 10.2. The van der Waals surface area contributed by atoms with Gasteiger partial charge in [-0.25, -0.2) is 4.79 Å². The van der Waals surface area contributed by atoms with Crippen LogP contribution in [0, 0.1) is 0 Å². The molecule has 1 heterocycles. The Hall–Kier alpha value is -1.24. The number of nitrogens with zero attached hydrogens (tertiary/aromatic N) is 2. The lowest BCUT2D eigenvalue weighted by molar-refractivity contribution is -0.151. The van der Waals surface area contributed by atoms with Crippen molar-refractivity contribution in [3.63, 3.8) is 0 Å². The molecule has 1 unspecified atom stereocenters. The van der Waals surface area contributed by atoms with Crippen LogP contribution in [0.1, 0.15) is 19.8 Å². The third-order valence-corrected chi connectivity index (χ3v) is 4.10. The average molecular weight is 272 g/mol. The maximum absolute atomic E-state index is 12.1. The van der Waals surface area contributed by atoms with Crippen LogP contribution in [0.25, 0.3) is 0 Å². The largest absolute Gasteiger partial charge is 0.480 e. The molecule has 1 saturated heterocycles. The van der Waals surface area contributed by atoms with Crippen molar-refractivity contribution >= 4 is 29.5 Å². The van der Waals surface area contributed by atoms with Gasteiger partial charge in [-0.1, -0.05) is 0 Å². The van der Waals surface area contributed by atoms with Gasteiger partial charge in [-0.15, -0.1) is 11.8 Å². The Morgan fingerprint density at radius 2 is 2.22 bits per heavy atom. The number of aliphatic carboxylic acids is 1. The monoisotopic (exact) mass is 272 g/mol. The number of thioether (sulfide) groups is 1. The zero-order valence-corrected chi connectivity index (χ0v) is 11.0. The van der Waals surface area contributed by atoms with Gasteiger partial charge >= 0.3 is 5.97 Å². The number of carbonyl (C=O) groups excluding carboxylic acids is 2. The number of hydrogen-bond donors (Lipinski definition) is 1. The minimum Gasteiger partial charge on any atom is -0.480 e. The minimum atomic E-state index is -1.00. The van der Waals surface area contributed by atoms with E-state index in [1.165, 1.54) is 28.5 Å². The first kappa shape index (κ1) is 13.2. The third kappa shape index (κ3) is 2.77. The van der Waals surface area contributed by atoms with Crippen molar-refractivity contribution in [1.82, 2.24) is 9.80 Å². The van der Waals surface area contributed by atoms with Gasteiger partial charge in [-0.05, 0) is 19.8 Å². The maximum Gasteiger partial charge on any atom is 0.326 e. The van der Waals surface area contributed by atoms with E-state index in [0.29, 0.717) is 11.6 Å². The molecule has 1 N–H and O–H groups in total. The molecule has 2 amide bonds. The molecule has 100 valence electrons. The van der Waals surface area contributed by atoms with Crippen molar-refractivity contribution in [2.45, 2.75) is 31.8 Å². The summed E-state index contributed by atoms with van der Waals surface area (Å²) in [6.07, 6.45) is 1.71. The van der Waals surface area contributed by atoms with Crippen molar-refractivity contribution in [3.05, 3.63) is 0 Å². The molecule has 0 spiro atoms. The van der Waals surface area contributed by atoms with Gasteiger partial charge in [0.05, 0.1) is 11.6 Å². The second kappa shape index (κ2) is 5.17. The van der Waals surface area contributed by atoms with E-state index in [-0.39, 0.29) is 24.4 Å². The smallest absolute Gasteiger partial charge is 0.326 e. The fourth-order valence-corrected chi connectivity index (χ4v) is 2.90. The molecule has 2 fully saturated rings. The highest BCUT2D eigenvalue weighted by Crippen LogP contribution is 2.29. The van der Waals surface area contributed by atoms with Gasteiger partial charge in [-0.3, -0.25) is 9.59 Å². The second-order valence-corrected chi connectivity index (χ2v) is 5.57. The van der Waals surface area contributed by atoms with Gasteiger partial charge < -0.3 is 14.9 Å². The van der Waals surface area contributed by atoms with Gasteiger partial charge in [0.25, 0.3) is 0 Å². The Morgan fingerprint density at radius 1 is 1.56 bits per heavy atom. The van der Waals surface area contributed by atoms with E-state index < -0.39 is 12.0 Å². The van der Waals surface area contributed by atoms with E-state index >= 15 is 0 Å². The lowest BCUT2D eigenvalue weighted by Crippen LogP contribution is -2.49. The standard InChI is InChI=1S/C11H16N2O4S/c1-7(11(16)17)13(8-2-3-8)9(14)4-12-6-18-5-10(12)15/h7-8H,2-6H2,1H3,(H,16,17). The van der Waals surface area contributed by atoms with E-state index in [1.807, 2.05) is 0 Å². The van der Waals surface area contributed by atoms with Crippen LogP contribution in [0.3, 0.4) is 0 Å². The summed E-state index contributed by atoms with van der Waals surface area (Å²) >= 11 is 1.47. The van der Waals surface area contributed by atoms with Crippen molar-refractivity contribution in [3.8, 4) is 0 Å². The molecular weight excluding hydrogens is 256 g/mol. The molecule has 1 aliphatic heterocycles. The van der Waals surface area contributed by atoms with Gasteiger partial charge in [-0.2, -0.15) is 0 Å². The van der Waals surface area contributed by atoms with Crippen LogP contribution < -0.4 is 0 Å². The molecule has 0 aromatic rings. The molecule has 0 bridgehead atoms. The lowest BCUT2D eigenvalue weighted by Gasteiger charge is -2.28. The van der Waals surface area contributed by atoms with E-state index in [1.54, 1.807) is 0 Å². The summed E-state index contributed by atoms with van der Waals surface area (Å²) in [5.41, 5.74) is 0. The van der Waals surface area contributed by atoms with Crippen molar-refractivity contribution in [2.75, 3.05) is 18.2 Å². The Labute approximate surface area is 109 Å². The molecule has 2 rings (SSSR count). The first-order valence-corrected chi connectivity index (χ1v) is 7.05. The van der Waals surface area contributed by atoms with E-state index in [2.05, 4.69) is 0 Å². The van der Waals surface area contributed by atoms with Crippen LogP contribution in [0.15, 0.2) is 0 Å². The molecule has 0 aromatic carbocycles. The summed E-state index contributed by atoms with van der Waals surface area (Å²) in [5, 5.41) is 9.01. The summed E-state index contributed by atoms with van der Waals surface area (Å²) in [6.45, 7) is 1.51. The van der Waals surface area contributed by atoms with Gasteiger partial charge in [0, 0.05) is 6.04 Å². The normalized spacial score (nSPS) is 20.9. The second-order valence-electron chi connectivity index (χ2n) is 4.62. The molecule has 7 heteroatoms. The summed E-state index contributed by atoms with van der Waals surface area (Å²) in [7, 11) is 0. The molecule has 1 aliphatic carbocycles. The average Bonchev–Trinajstić information content (AvgIpc) is 3.05. The number of rotatable bonds is 5. The van der Waals surface area contributed by atoms with Crippen LogP contribution >= 0.6 is 11.8 Å². The minimum absolute atomic E-state index is 0.0000463. The molecule has 2 aliphatic rings. The van der Waals surface area contributed by atoms with Crippen molar-refractivity contribution < 1.29 is 19.5 Å². The highest BCUT2D eigenvalue weighted by molar-refractivity contribution is 8.00. The summed E-state index contributed by atoms with van der Waals surface area (Å²) in [5.74, 6) is -0.386. The quantitative estimate of drug-likeness (QED) is 0.761. The molecule has 0 radical (unpaired) electrons. The predicted molar refractivity (Wildman–Crippen MR) is 66.0 cm³/mol. The maximum atomic E-state index is 12.1. The zero-order chi connectivity index (χ0) is 13.3. The Morgan fingerprint density at radius 3 is 2.67 bits per heavy atom. The third-order valence-electron chi connectivity index (χ3n) is 3.15. The molecule has 1 saturated carbocycles. The van der Waals surface area contributed by atoms with Crippen LogP contribution in [0.5, 0.6) is 0 Å². The van der Waals surface area contributed by atoms with Crippen LogP contribution in [0.2, 0.25) is 0 Å². The van der Waals surface area contributed by atoms with Crippen LogP contribution in [-0.4, -0.2) is 62.9 Å². The van der Waals surface area contributed by atoms with Crippen molar-refractivity contribution in [2.24, 2.45) is 0 Å². The number of carbonyl (C=O) groups is 3. The Balaban J connectivity index is 1.99. The molecule has 6 nitrogen and oxygen atoms in total. The number of amides is 2. The van der Waals surface area contributed by atoms with Gasteiger partial charge in [0.15, 0.2) is 0 Å². The van der Waals surface area contributed by atoms with Crippen LogP contribution in [0.4, 0.5) is 0 Å². The summed E-state index contributed by atoms with van der Waals surface area (Å²) in [6, 6.07) is -0.788. The van der Waals surface area contributed by atoms with Crippen LogP contribution in [-0.2, 0) is 14.4 Å². The SMILES string of the molecule is CC(C(=O)O)N(C(=O)CN1CSCC1=O)C1CC1. The Bertz CT molecular complexity index is 383. The van der Waals surface area contributed by atoms with Gasteiger partial charge in [0.2, 0.25) is 11.8 Å². The molecule has 0 aromatic heterocycles. The highest BCUT2D eigenvalue weighted by atomic mass is 32.2. The molecule has 18 heavy (non-hydrogen) atoms. The molecular formula is C11H16N2O4S. The molecule has 1 atom stereocenters. The summed E-state index contributed by atoms with van der Waals surface area (Å²) < 4.78 is 0. The van der Waals surface area contributed by atoms with Crippen molar-refractivity contribution in [1.29, 1.82) is 0 Å². The highest BCUT2D eigenvalue weighted by Gasteiger charge is 2.39. The van der Waals surface area contributed by atoms with E-state index in [4.69, 9.17) is 5.11 Å². The lowest BCUT2D eigenvalue weighted by atomic mass is 10.2. The summed E-state index contributed by atoms with van der Waals surface area (Å²) in [4.78, 5) is 37.5. The van der Waals surface area contributed by atoms with E-state index in [9.17, 15) is 14.4 Å². The first-order chi connectivity index (χ1) is 8.50. The van der Waals surface area contributed by atoms with Gasteiger partial charge in [0.1, 0.15) is 12.6 Å². The first-order valence-electron chi connectivity index (χ1n) is 5.90. The number of carboxylic acids is 1. The predicted octanol–water partition coefficient (Wildman–Crippen LogP) is -0.0166. The number of hydrogen-bond acceptors (Lipinski definition) is 4. The van der Waals surface area contributed by atoms with E-state index in [0.717, 1.165) is 12.8 Å². The fourth-order valence-electron chi connectivity index (χ4n) is 1.99. The Kier molecular flexibility index (Phi) is 3.79. The number of carboxylic acid groups (broad SMARTS) is 1. The fraction of sp³-hybridized carbons (Fsp3) is 0.727.